The van der Waals surface area contributed by atoms with Crippen LogP contribution in [0.25, 0.3) is 11.3 Å². The van der Waals surface area contributed by atoms with Gasteiger partial charge in [-0.05, 0) is 12.1 Å². The number of anilines is 1. The van der Waals surface area contributed by atoms with Gasteiger partial charge in [-0.2, -0.15) is 0 Å². The minimum Gasteiger partial charge on any atom is -0.305 e. The molecule has 0 aliphatic heterocycles. The van der Waals surface area contributed by atoms with Crippen LogP contribution in [0, 0.1) is 0 Å². The van der Waals surface area contributed by atoms with Gasteiger partial charge in [0.15, 0.2) is 5.82 Å². The second-order valence-electron chi connectivity index (χ2n) is 3.76. The number of carbonyl (C=O) groups excluding carboxylic acids is 1. The Balaban J connectivity index is 2.52. The zero-order valence-corrected chi connectivity index (χ0v) is 11.0. The van der Waals surface area contributed by atoms with E-state index in [2.05, 4.69) is 20.6 Å². The standard InChI is InChI=1S/C12H12ClN5O/c1-2-9(19)11-15-10(12(16-14)18-17-11)7-3-5-8(13)6-4-7/h3-6H,2,14H2,1H3,(H,16,18). The number of carbonyl (C=O) groups is 1. The van der Waals surface area contributed by atoms with Gasteiger partial charge in [-0.25, -0.2) is 10.8 Å². The fourth-order valence-corrected chi connectivity index (χ4v) is 1.63. The lowest BCUT2D eigenvalue weighted by atomic mass is 10.1. The van der Waals surface area contributed by atoms with Crippen LogP contribution in [0.15, 0.2) is 24.3 Å². The van der Waals surface area contributed by atoms with Crippen molar-refractivity contribution in [3.8, 4) is 11.3 Å². The Morgan fingerprint density at radius 3 is 2.58 bits per heavy atom. The van der Waals surface area contributed by atoms with Crippen LogP contribution in [0.2, 0.25) is 5.02 Å². The number of rotatable bonds is 4. The van der Waals surface area contributed by atoms with Crippen LogP contribution in [-0.4, -0.2) is 21.0 Å². The molecule has 19 heavy (non-hydrogen) atoms. The Morgan fingerprint density at radius 1 is 1.32 bits per heavy atom. The molecule has 98 valence electrons. The van der Waals surface area contributed by atoms with Crippen LogP contribution in [0.1, 0.15) is 24.0 Å². The van der Waals surface area contributed by atoms with Gasteiger partial charge >= 0.3 is 0 Å². The summed E-state index contributed by atoms with van der Waals surface area (Å²) in [6.07, 6.45) is 0.317. The third-order valence-corrected chi connectivity index (χ3v) is 2.76. The Labute approximate surface area is 115 Å². The van der Waals surface area contributed by atoms with Gasteiger partial charge in [0.05, 0.1) is 0 Å². The zero-order valence-electron chi connectivity index (χ0n) is 10.2. The fourth-order valence-electron chi connectivity index (χ4n) is 1.51. The smallest absolute Gasteiger partial charge is 0.218 e. The van der Waals surface area contributed by atoms with Crippen LogP contribution < -0.4 is 11.3 Å². The summed E-state index contributed by atoms with van der Waals surface area (Å²) >= 11 is 5.83. The molecule has 0 atom stereocenters. The van der Waals surface area contributed by atoms with Gasteiger partial charge in [0, 0.05) is 17.0 Å². The number of nitrogen functional groups attached to an aromatic ring is 1. The highest BCUT2D eigenvalue weighted by Crippen LogP contribution is 2.24. The average Bonchev–Trinajstić information content (AvgIpc) is 2.46. The Morgan fingerprint density at radius 2 is 2.00 bits per heavy atom. The summed E-state index contributed by atoms with van der Waals surface area (Å²) in [6.45, 7) is 1.74. The van der Waals surface area contributed by atoms with Crippen LogP contribution in [0.4, 0.5) is 5.82 Å². The van der Waals surface area contributed by atoms with E-state index in [1.807, 2.05) is 0 Å². The molecule has 0 fully saturated rings. The Bertz CT molecular complexity index is 600. The van der Waals surface area contributed by atoms with Gasteiger partial charge < -0.3 is 5.43 Å². The summed E-state index contributed by atoms with van der Waals surface area (Å²) in [5, 5.41) is 8.22. The van der Waals surface area contributed by atoms with Crippen LogP contribution in [0.3, 0.4) is 0 Å². The highest BCUT2D eigenvalue weighted by atomic mass is 35.5. The number of hydrazine groups is 1. The number of hydrogen-bond donors (Lipinski definition) is 2. The quantitative estimate of drug-likeness (QED) is 0.505. The van der Waals surface area contributed by atoms with Crippen LogP contribution in [0.5, 0.6) is 0 Å². The maximum Gasteiger partial charge on any atom is 0.218 e. The predicted molar refractivity (Wildman–Crippen MR) is 72.7 cm³/mol. The average molecular weight is 278 g/mol. The van der Waals surface area contributed by atoms with E-state index in [9.17, 15) is 4.79 Å². The molecule has 0 aliphatic rings. The molecule has 0 unspecified atom stereocenters. The van der Waals surface area contributed by atoms with Crippen molar-refractivity contribution >= 4 is 23.2 Å². The predicted octanol–water partition coefficient (Wildman–Crippen LogP) is 2.07. The summed E-state index contributed by atoms with van der Waals surface area (Å²) in [6, 6.07) is 6.99. The molecule has 1 aromatic heterocycles. The molecule has 1 aromatic carbocycles. The van der Waals surface area contributed by atoms with Crippen molar-refractivity contribution in [1.29, 1.82) is 0 Å². The molecule has 0 saturated heterocycles. The molecule has 0 radical (unpaired) electrons. The molecular formula is C12H12ClN5O. The second kappa shape index (κ2) is 5.73. The van der Waals surface area contributed by atoms with Gasteiger partial charge in [-0.3, -0.25) is 4.79 Å². The number of ketones is 1. The summed E-state index contributed by atoms with van der Waals surface area (Å²) in [5.41, 5.74) is 3.62. The number of nitrogens with zero attached hydrogens (tertiary/aromatic N) is 3. The number of hydrogen-bond acceptors (Lipinski definition) is 6. The third-order valence-electron chi connectivity index (χ3n) is 2.51. The minimum atomic E-state index is -0.175. The number of nitrogens with two attached hydrogens (primary N) is 1. The number of nitrogens with one attached hydrogen (secondary N) is 1. The van der Waals surface area contributed by atoms with Crippen LogP contribution in [-0.2, 0) is 0 Å². The maximum absolute atomic E-state index is 11.6. The first-order valence-corrected chi connectivity index (χ1v) is 6.04. The summed E-state index contributed by atoms with van der Waals surface area (Å²) in [5.74, 6) is 5.57. The lowest BCUT2D eigenvalue weighted by Gasteiger charge is -2.07. The fraction of sp³-hybridized carbons (Fsp3) is 0.167. The number of Topliss-reactive ketones (excluding diaryl/α,β-unsaturated/α-hetero) is 1. The number of benzene rings is 1. The molecule has 6 nitrogen and oxygen atoms in total. The molecule has 0 bridgehead atoms. The van der Waals surface area contributed by atoms with E-state index in [1.54, 1.807) is 31.2 Å². The molecule has 3 N–H and O–H groups in total. The van der Waals surface area contributed by atoms with Crippen molar-refractivity contribution < 1.29 is 4.79 Å². The summed E-state index contributed by atoms with van der Waals surface area (Å²) < 4.78 is 0. The molecule has 7 heteroatoms. The van der Waals surface area contributed by atoms with Crippen molar-refractivity contribution in [2.75, 3.05) is 5.43 Å². The number of halogens is 1. The van der Waals surface area contributed by atoms with Gasteiger partial charge in [-0.15, -0.1) is 10.2 Å². The summed E-state index contributed by atoms with van der Waals surface area (Å²) in [4.78, 5) is 15.8. The van der Waals surface area contributed by atoms with E-state index >= 15 is 0 Å². The van der Waals surface area contributed by atoms with E-state index in [0.29, 0.717) is 23.0 Å². The SMILES string of the molecule is CCC(=O)c1nnc(NN)c(-c2ccc(Cl)cc2)n1. The van der Waals surface area contributed by atoms with Gasteiger partial charge in [0.2, 0.25) is 11.6 Å². The van der Waals surface area contributed by atoms with E-state index in [1.165, 1.54) is 0 Å². The van der Waals surface area contributed by atoms with Crippen molar-refractivity contribution in [2.45, 2.75) is 13.3 Å². The molecule has 0 amide bonds. The first kappa shape index (κ1) is 13.4. The maximum atomic E-state index is 11.6. The van der Waals surface area contributed by atoms with Crippen molar-refractivity contribution in [2.24, 2.45) is 5.84 Å². The van der Waals surface area contributed by atoms with E-state index in [0.717, 1.165) is 5.56 Å². The van der Waals surface area contributed by atoms with E-state index in [4.69, 9.17) is 17.4 Å². The Kier molecular flexibility index (Phi) is 4.03. The van der Waals surface area contributed by atoms with Crippen molar-refractivity contribution in [3.63, 3.8) is 0 Å². The monoisotopic (exact) mass is 277 g/mol. The van der Waals surface area contributed by atoms with E-state index in [-0.39, 0.29) is 11.6 Å². The summed E-state index contributed by atoms with van der Waals surface area (Å²) in [7, 11) is 0. The van der Waals surface area contributed by atoms with Gasteiger partial charge in [0.25, 0.3) is 0 Å². The van der Waals surface area contributed by atoms with Gasteiger partial charge in [0.1, 0.15) is 5.69 Å². The second-order valence-corrected chi connectivity index (χ2v) is 4.20. The lowest BCUT2D eigenvalue weighted by molar-refractivity contribution is 0.0977. The zero-order chi connectivity index (χ0) is 13.8. The molecule has 0 spiro atoms. The Hall–Kier alpha value is -2.05. The topological polar surface area (TPSA) is 93.8 Å². The van der Waals surface area contributed by atoms with E-state index < -0.39 is 0 Å². The highest BCUT2D eigenvalue weighted by Gasteiger charge is 2.14. The first-order valence-electron chi connectivity index (χ1n) is 5.66. The van der Waals surface area contributed by atoms with Gasteiger partial charge in [-0.1, -0.05) is 30.7 Å². The highest BCUT2D eigenvalue weighted by molar-refractivity contribution is 6.30. The van der Waals surface area contributed by atoms with Crippen molar-refractivity contribution in [1.82, 2.24) is 15.2 Å². The minimum absolute atomic E-state index is 0.0754. The lowest BCUT2D eigenvalue weighted by Crippen LogP contribution is -2.15. The normalized spacial score (nSPS) is 10.3. The molecular weight excluding hydrogens is 266 g/mol. The molecule has 0 aliphatic carbocycles. The number of aromatic nitrogens is 3. The van der Waals surface area contributed by atoms with Crippen LogP contribution >= 0.6 is 11.6 Å². The molecule has 1 heterocycles. The largest absolute Gasteiger partial charge is 0.305 e. The first-order chi connectivity index (χ1) is 9.15. The third kappa shape index (κ3) is 2.86. The molecule has 2 aromatic rings. The van der Waals surface area contributed by atoms with Crippen molar-refractivity contribution in [3.05, 3.63) is 35.1 Å². The molecule has 0 saturated carbocycles. The molecule has 2 rings (SSSR count).